The van der Waals surface area contributed by atoms with E-state index in [1.807, 2.05) is 7.05 Å². The first-order valence-electron chi connectivity index (χ1n) is 7.04. The van der Waals surface area contributed by atoms with Crippen molar-refractivity contribution in [3.05, 3.63) is 64.2 Å². The Hall–Kier alpha value is -1.80. The third-order valence-electron chi connectivity index (χ3n) is 3.60. The third-order valence-corrected chi connectivity index (χ3v) is 3.86. The van der Waals surface area contributed by atoms with Crippen molar-refractivity contribution < 1.29 is 4.79 Å². The summed E-state index contributed by atoms with van der Waals surface area (Å²) in [7, 11) is 2.02. The topological polar surface area (TPSA) is 20.3 Å². The number of Topliss-reactive ketones (excluding diaryl/α,β-unsaturated/α-hetero) is 1. The van der Waals surface area contributed by atoms with Crippen molar-refractivity contribution in [1.82, 2.24) is 0 Å². The molecular formula is C18H20ClNO. The lowest BCUT2D eigenvalue weighted by molar-refractivity contribution is 0.0985. The van der Waals surface area contributed by atoms with Crippen LogP contribution in [0, 0.1) is 13.8 Å². The van der Waals surface area contributed by atoms with Crippen LogP contribution in [0.1, 0.15) is 27.9 Å². The van der Waals surface area contributed by atoms with Crippen LogP contribution < -0.4 is 4.90 Å². The molecule has 0 heterocycles. The Labute approximate surface area is 131 Å². The van der Waals surface area contributed by atoms with Gasteiger partial charge in [0.1, 0.15) is 0 Å². The van der Waals surface area contributed by atoms with Gasteiger partial charge in [-0.25, -0.2) is 0 Å². The maximum absolute atomic E-state index is 12.2. The fourth-order valence-electron chi connectivity index (χ4n) is 2.40. The number of carbonyl (C=O) groups is 1. The summed E-state index contributed by atoms with van der Waals surface area (Å²) < 4.78 is 0. The van der Waals surface area contributed by atoms with Gasteiger partial charge in [0.2, 0.25) is 0 Å². The summed E-state index contributed by atoms with van der Waals surface area (Å²) >= 11 is 5.83. The quantitative estimate of drug-likeness (QED) is 0.748. The highest BCUT2D eigenvalue weighted by Crippen LogP contribution is 2.20. The number of rotatable bonds is 5. The van der Waals surface area contributed by atoms with Gasteiger partial charge in [0.25, 0.3) is 0 Å². The highest BCUT2D eigenvalue weighted by molar-refractivity contribution is 6.30. The molecule has 0 aliphatic carbocycles. The summed E-state index contributed by atoms with van der Waals surface area (Å²) in [4.78, 5) is 14.3. The predicted molar refractivity (Wildman–Crippen MR) is 89.6 cm³/mol. The van der Waals surface area contributed by atoms with Crippen molar-refractivity contribution in [2.24, 2.45) is 0 Å². The minimum absolute atomic E-state index is 0.142. The molecule has 110 valence electrons. The van der Waals surface area contributed by atoms with Crippen LogP contribution in [0.4, 0.5) is 5.69 Å². The standard InChI is InChI=1S/C18H20ClNO/c1-13-4-9-17(14(2)12-13)20(3)11-10-18(21)15-5-7-16(19)8-6-15/h4-9,12H,10-11H2,1-3H3. The molecule has 0 spiro atoms. The number of halogens is 1. The zero-order valence-corrected chi connectivity index (χ0v) is 13.4. The zero-order valence-electron chi connectivity index (χ0n) is 12.7. The molecular weight excluding hydrogens is 282 g/mol. The first kappa shape index (κ1) is 15.6. The fraction of sp³-hybridized carbons (Fsp3) is 0.278. The maximum Gasteiger partial charge on any atom is 0.164 e. The van der Waals surface area contributed by atoms with E-state index < -0.39 is 0 Å². The Bertz CT molecular complexity index is 634. The van der Waals surface area contributed by atoms with E-state index in [0.717, 1.165) is 0 Å². The van der Waals surface area contributed by atoms with E-state index in [-0.39, 0.29) is 5.78 Å². The number of benzene rings is 2. The Kier molecular flexibility index (Phi) is 5.03. The van der Waals surface area contributed by atoms with E-state index in [0.29, 0.717) is 23.6 Å². The number of hydrogen-bond donors (Lipinski definition) is 0. The minimum atomic E-state index is 0.142. The van der Waals surface area contributed by atoms with Crippen molar-refractivity contribution >= 4 is 23.1 Å². The van der Waals surface area contributed by atoms with Crippen LogP contribution in [0.15, 0.2) is 42.5 Å². The van der Waals surface area contributed by atoms with Gasteiger partial charge in [-0.1, -0.05) is 29.3 Å². The SMILES string of the molecule is Cc1ccc(N(C)CCC(=O)c2ccc(Cl)cc2)c(C)c1. The molecule has 0 N–H and O–H groups in total. The molecule has 2 nitrogen and oxygen atoms in total. The van der Waals surface area contributed by atoms with E-state index in [1.165, 1.54) is 16.8 Å². The van der Waals surface area contributed by atoms with Gasteiger partial charge in [0.15, 0.2) is 5.78 Å². The number of aryl methyl sites for hydroxylation is 2. The van der Waals surface area contributed by atoms with Crippen molar-refractivity contribution in [3.8, 4) is 0 Å². The highest BCUT2D eigenvalue weighted by Gasteiger charge is 2.09. The number of hydrogen-bond acceptors (Lipinski definition) is 2. The van der Waals surface area contributed by atoms with Crippen LogP contribution in [-0.2, 0) is 0 Å². The molecule has 0 saturated heterocycles. The third kappa shape index (κ3) is 4.08. The van der Waals surface area contributed by atoms with Crippen LogP contribution >= 0.6 is 11.6 Å². The lowest BCUT2D eigenvalue weighted by Gasteiger charge is -2.21. The molecule has 0 unspecified atom stereocenters. The second kappa shape index (κ2) is 6.77. The van der Waals surface area contributed by atoms with E-state index >= 15 is 0 Å². The van der Waals surface area contributed by atoms with Crippen LogP contribution in [0.25, 0.3) is 0 Å². The molecule has 0 amide bonds. The average Bonchev–Trinajstić information content (AvgIpc) is 2.45. The first-order valence-corrected chi connectivity index (χ1v) is 7.42. The van der Waals surface area contributed by atoms with Crippen molar-refractivity contribution in [2.45, 2.75) is 20.3 Å². The summed E-state index contributed by atoms with van der Waals surface area (Å²) in [5.41, 5.74) is 4.37. The second-order valence-electron chi connectivity index (χ2n) is 5.39. The molecule has 0 atom stereocenters. The summed E-state index contributed by atoms with van der Waals surface area (Å²) in [5, 5.41) is 0.652. The van der Waals surface area contributed by atoms with Crippen molar-refractivity contribution in [2.75, 3.05) is 18.5 Å². The number of nitrogens with zero attached hydrogens (tertiary/aromatic N) is 1. The number of carbonyl (C=O) groups excluding carboxylic acids is 1. The van der Waals surface area contributed by atoms with Gasteiger partial charge in [-0.2, -0.15) is 0 Å². The van der Waals surface area contributed by atoms with Crippen LogP contribution in [0.5, 0.6) is 0 Å². The Balaban J connectivity index is 1.98. The smallest absolute Gasteiger partial charge is 0.164 e. The van der Waals surface area contributed by atoms with Crippen LogP contribution in [0.2, 0.25) is 5.02 Å². The molecule has 0 radical (unpaired) electrons. The van der Waals surface area contributed by atoms with Gasteiger partial charge in [0, 0.05) is 36.3 Å². The van der Waals surface area contributed by atoms with E-state index in [4.69, 9.17) is 11.6 Å². The molecule has 0 bridgehead atoms. The molecule has 21 heavy (non-hydrogen) atoms. The molecule has 0 aliphatic rings. The van der Waals surface area contributed by atoms with E-state index in [9.17, 15) is 4.79 Å². The number of anilines is 1. The first-order chi connectivity index (χ1) is 9.97. The van der Waals surface area contributed by atoms with Crippen molar-refractivity contribution in [3.63, 3.8) is 0 Å². The summed E-state index contributed by atoms with van der Waals surface area (Å²) in [5.74, 6) is 0.142. The Morgan fingerprint density at radius 2 is 1.76 bits per heavy atom. The summed E-state index contributed by atoms with van der Waals surface area (Å²) in [6.45, 7) is 4.88. The fourth-order valence-corrected chi connectivity index (χ4v) is 2.53. The molecule has 0 aromatic heterocycles. The zero-order chi connectivity index (χ0) is 15.4. The highest BCUT2D eigenvalue weighted by atomic mass is 35.5. The van der Waals surface area contributed by atoms with E-state index in [1.54, 1.807) is 24.3 Å². The molecule has 3 heteroatoms. The molecule has 2 rings (SSSR count). The van der Waals surface area contributed by atoms with Crippen LogP contribution in [0.3, 0.4) is 0 Å². The molecule has 0 fully saturated rings. The van der Waals surface area contributed by atoms with Gasteiger partial charge >= 0.3 is 0 Å². The van der Waals surface area contributed by atoms with Crippen molar-refractivity contribution in [1.29, 1.82) is 0 Å². The second-order valence-corrected chi connectivity index (χ2v) is 5.83. The molecule has 2 aromatic carbocycles. The van der Waals surface area contributed by atoms with Gasteiger partial charge in [-0.05, 0) is 49.7 Å². The largest absolute Gasteiger partial charge is 0.374 e. The minimum Gasteiger partial charge on any atom is -0.374 e. The predicted octanol–water partition coefficient (Wildman–Crippen LogP) is 4.67. The lowest BCUT2D eigenvalue weighted by Crippen LogP contribution is -2.22. The summed E-state index contributed by atoms with van der Waals surface area (Å²) in [6, 6.07) is 13.4. The molecule has 0 aliphatic heterocycles. The molecule has 0 saturated carbocycles. The normalized spacial score (nSPS) is 10.5. The van der Waals surface area contributed by atoms with Gasteiger partial charge in [-0.15, -0.1) is 0 Å². The maximum atomic E-state index is 12.2. The number of ketones is 1. The Morgan fingerprint density at radius 3 is 2.38 bits per heavy atom. The molecule has 2 aromatic rings. The van der Waals surface area contributed by atoms with Crippen LogP contribution in [-0.4, -0.2) is 19.4 Å². The van der Waals surface area contributed by atoms with Gasteiger partial charge in [-0.3, -0.25) is 4.79 Å². The van der Waals surface area contributed by atoms with Gasteiger partial charge < -0.3 is 4.90 Å². The summed E-state index contributed by atoms with van der Waals surface area (Å²) in [6.07, 6.45) is 0.492. The van der Waals surface area contributed by atoms with Gasteiger partial charge in [0.05, 0.1) is 0 Å². The lowest BCUT2D eigenvalue weighted by atomic mass is 10.1. The Morgan fingerprint density at radius 1 is 1.10 bits per heavy atom. The monoisotopic (exact) mass is 301 g/mol. The average molecular weight is 302 g/mol. The van der Waals surface area contributed by atoms with E-state index in [2.05, 4.69) is 36.9 Å².